The molecule has 2 N–H and O–H groups in total. The zero-order valence-corrected chi connectivity index (χ0v) is 10.7. The van der Waals surface area contributed by atoms with Crippen LogP contribution in [0.3, 0.4) is 0 Å². The van der Waals surface area contributed by atoms with E-state index in [1.54, 1.807) is 0 Å². The van der Waals surface area contributed by atoms with Gasteiger partial charge in [0.15, 0.2) is 0 Å². The summed E-state index contributed by atoms with van der Waals surface area (Å²) in [5, 5.41) is 6.03. The molecule has 1 amide bonds. The number of hydrogen-bond donors (Lipinski definition) is 2. The minimum atomic E-state index is -0.100. The summed E-state index contributed by atoms with van der Waals surface area (Å²) >= 11 is 0. The lowest BCUT2D eigenvalue weighted by molar-refractivity contribution is -0.122. The molecule has 0 unspecified atom stereocenters. The molecule has 0 spiro atoms. The van der Waals surface area contributed by atoms with E-state index in [9.17, 15) is 4.79 Å². The number of benzene rings is 1. The van der Waals surface area contributed by atoms with Crippen molar-refractivity contribution in [1.82, 2.24) is 10.6 Å². The van der Waals surface area contributed by atoms with Crippen LogP contribution in [0.2, 0.25) is 0 Å². The standard InChI is InChI=1S/C14H22N2O/c1-3-15-12(2)14(17)16-11-7-10-13-8-5-4-6-9-13/h4-6,8-9,12,15H,3,7,10-11H2,1-2H3,(H,16,17)/t12-/m1/s1. The lowest BCUT2D eigenvalue weighted by atomic mass is 10.1. The van der Waals surface area contributed by atoms with Crippen LogP contribution >= 0.6 is 0 Å². The summed E-state index contributed by atoms with van der Waals surface area (Å²) in [6.45, 7) is 5.44. The van der Waals surface area contributed by atoms with E-state index in [1.165, 1.54) is 5.56 Å². The van der Waals surface area contributed by atoms with E-state index in [0.29, 0.717) is 0 Å². The average Bonchev–Trinajstić information content (AvgIpc) is 2.36. The summed E-state index contributed by atoms with van der Waals surface area (Å²) < 4.78 is 0. The van der Waals surface area contributed by atoms with Crippen molar-refractivity contribution in [1.29, 1.82) is 0 Å². The second kappa shape index (κ2) is 7.85. The van der Waals surface area contributed by atoms with E-state index < -0.39 is 0 Å². The Kier molecular flexibility index (Phi) is 6.33. The fourth-order valence-corrected chi connectivity index (χ4v) is 1.70. The van der Waals surface area contributed by atoms with Crippen LogP contribution in [0.5, 0.6) is 0 Å². The average molecular weight is 234 g/mol. The maximum atomic E-state index is 11.6. The van der Waals surface area contributed by atoms with E-state index in [1.807, 2.05) is 32.0 Å². The van der Waals surface area contributed by atoms with E-state index in [-0.39, 0.29) is 11.9 Å². The Morgan fingerprint density at radius 3 is 2.65 bits per heavy atom. The first-order valence-electron chi connectivity index (χ1n) is 6.29. The van der Waals surface area contributed by atoms with Gasteiger partial charge in [0.2, 0.25) is 5.91 Å². The Morgan fingerprint density at radius 2 is 2.00 bits per heavy atom. The number of carbonyl (C=O) groups excluding carboxylic acids is 1. The largest absolute Gasteiger partial charge is 0.355 e. The smallest absolute Gasteiger partial charge is 0.236 e. The third-order valence-electron chi connectivity index (χ3n) is 2.69. The summed E-state index contributed by atoms with van der Waals surface area (Å²) in [7, 11) is 0. The van der Waals surface area contributed by atoms with Gasteiger partial charge in [0.25, 0.3) is 0 Å². The van der Waals surface area contributed by atoms with Crippen LogP contribution in [-0.4, -0.2) is 25.0 Å². The molecule has 3 nitrogen and oxygen atoms in total. The quantitative estimate of drug-likeness (QED) is 0.706. The van der Waals surface area contributed by atoms with Gasteiger partial charge in [0.05, 0.1) is 6.04 Å². The molecule has 0 bridgehead atoms. The molecule has 0 saturated heterocycles. The molecule has 17 heavy (non-hydrogen) atoms. The number of rotatable bonds is 7. The summed E-state index contributed by atoms with van der Waals surface area (Å²) in [6, 6.07) is 10.2. The van der Waals surface area contributed by atoms with Gasteiger partial charge in [0.1, 0.15) is 0 Å². The monoisotopic (exact) mass is 234 g/mol. The van der Waals surface area contributed by atoms with E-state index in [0.717, 1.165) is 25.9 Å². The first-order valence-corrected chi connectivity index (χ1v) is 6.29. The van der Waals surface area contributed by atoms with Gasteiger partial charge in [0, 0.05) is 6.54 Å². The number of carbonyl (C=O) groups is 1. The SMILES string of the molecule is CCN[C@H](C)C(=O)NCCCc1ccccc1. The minimum absolute atomic E-state index is 0.0833. The highest BCUT2D eigenvalue weighted by Gasteiger charge is 2.09. The third kappa shape index (κ3) is 5.50. The Balaban J connectivity index is 2.14. The van der Waals surface area contributed by atoms with E-state index >= 15 is 0 Å². The lowest BCUT2D eigenvalue weighted by Crippen LogP contribution is -2.42. The van der Waals surface area contributed by atoms with Crippen molar-refractivity contribution >= 4 is 5.91 Å². The van der Waals surface area contributed by atoms with Gasteiger partial charge in [-0.3, -0.25) is 4.79 Å². The highest BCUT2D eigenvalue weighted by molar-refractivity contribution is 5.81. The Labute approximate surface area is 104 Å². The highest BCUT2D eigenvalue weighted by Crippen LogP contribution is 2.01. The summed E-state index contributed by atoms with van der Waals surface area (Å²) in [6.07, 6.45) is 1.99. The van der Waals surface area contributed by atoms with Crippen LogP contribution in [0.1, 0.15) is 25.8 Å². The van der Waals surface area contributed by atoms with E-state index in [4.69, 9.17) is 0 Å². The molecule has 1 aromatic carbocycles. The summed E-state index contributed by atoms with van der Waals surface area (Å²) in [5.74, 6) is 0.0833. The predicted molar refractivity (Wildman–Crippen MR) is 70.9 cm³/mol. The molecular formula is C14H22N2O. The number of hydrogen-bond acceptors (Lipinski definition) is 2. The van der Waals surface area contributed by atoms with Crippen molar-refractivity contribution in [2.24, 2.45) is 0 Å². The molecule has 1 rings (SSSR count). The molecular weight excluding hydrogens is 212 g/mol. The van der Waals surface area contributed by atoms with Gasteiger partial charge in [-0.1, -0.05) is 37.3 Å². The Hall–Kier alpha value is -1.35. The van der Waals surface area contributed by atoms with Crippen molar-refractivity contribution in [3.05, 3.63) is 35.9 Å². The van der Waals surface area contributed by atoms with Crippen molar-refractivity contribution in [2.75, 3.05) is 13.1 Å². The third-order valence-corrected chi connectivity index (χ3v) is 2.69. The molecule has 3 heteroatoms. The Morgan fingerprint density at radius 1 is 1.29 bits per heavy atom. The van der Waals surface area contributed by atoms with Crippen molar-refractivity contribution < 1.29 is 4.79 Å². The molecule has 0 aliphatic heterocycles. The molecule has 0 fully saturated rings. The molecule has 0 aliphatic rings. The minimum Gasteiger partial charge on any atom is -0.355 e. The van der Waals surface area contributed by atoms with Crippen LogP contribution in [0, 0.1) is 0 Å². The topological polar surface area (TPSA) is 41.1 Å². The molecule has 1 aromatic rings. The Bertz CT molecular complexity index is 324. The molecule has 0 radical (unpaired) electrons. The molecule has 1 atom stereocenters. The molecule has 0 heterocycles. The van der Waals surface area contributed by atoms with Gasteiger partial charge in [-0.25, -0.2) is 0 Å². The van der Waals surface area contributed by atoms with Crippen LogP contribution in [-0.2, 0) is 11.2 Å². The lowest BCUT2D eigenvalue weighted by Gasteiger charge is -2.12. The van der Waals surface area contributed by atoms with Crippen LogP contribution in [0.25, 0.3) is 0 Å². The zero-order valence-electron chi connectivity index (χ0n) is 10.7. The summed E-state index contributed by atoms with van der Waals surface area (Å²) in [4.78, 5) is 11.6. The van der Waals surface area contributed by atoms with Crippen LogP contribution < -0.4 is 10.6 Å². The second-order valence-electron chi connectivity index (χ2n) is 4.16. The van der Waals surface area contributed by atoms with Gasteiger partial charge < -0.3 is 10.6 Å². The van der Waals surface area contributed by atoms with E-state index in [2.05, 4.69) is 22.8 Å². The highest BCUT2D eigenvalue weighted by atomic mass is 16.2. The predicted octanol–water partition coefficient (Wildman–Crippen LogP) is 1.73. The van der Waals surface area contributed by atoms with Crippen LogP contribution in [0.4, 0.5) is 0 Å². The maximum Gasteiger partial charge on any atom is 0.236 e. The van der Waals surface area contributed by atoms with Gasteiger partial charge in [-0.15, -0.1) is 0 Å². The maximum absolute atomic E-state index is 11.6. The van der Waals surface area contributed by atoms with Crippen molar-refractivity contribution in [3.63, 3.8) is 0 Å². The molecule has 94 valence electrons. The first-order chi connectivity index (χ1) is 8.24. The molecule has 0 aromatic heterocycles. The van der Waals surface area contributed by atoms with Crippen LogP contribution in [0.15, 0.2) is 30.3 Å². The zero-order chi connectivity index (χ0) is 12.5. The number of amides is 1. The van der Waals surface area contributed by atoms with Gasteiger partial charge >= 0.3 is 0 Å². The normalized spacial score (nSPS) is 12.1. The number of likely N-dealkylation sites (N-methyl/N-ethyl adjacent to an activating group) is 1. The van der Waals surface area contributed by atoms with Gasteiger partial charge in [-0.05, 0) is 31.9 Å². The fourth-order valence-electron chi connectivity index (χ4n) is 1.70. The molecule has 0 aliphatic carbocycles. The fraction of sp³-hybridized carbons (Fsp3) is 0.500. The molecule has 0 saturated carbocycles. The van der Waals surface area contributed by atoms with Gasteiger partial charge in [-0.2, -0.15) is 0 Å². The van der Waals surface area contributed by atoms with Crippen molar-refractivity contribution in [3.8, 4) is 0 Å². The second-order valence-corrected chi connectivity index (χ2v) is 4.16. The number of aryl methyl sites for hydroxylation is 1. The number of nitrogens with one attached hydrogen (secondary N) is 2. The van der Waals surface area contributed by atoms with Crippen molar-refractivity contribution in [2.45, 2.75) is 32.7 Å². The first kappa shape index (κ1) is 13.7. The summed E-state index contributed by atoms with van der Waals surface area (Å²) in [5.41, 5.74) is 1.32.